The van der Waals surface area contributed by atoms with Crippen molar-refractivity contribution in [3.8, 4) is 0 Å². The first kappa shape index (κ1) is 14.8. The zero-order valence-electron chi connectivity index (χ0n) is 12.4. The fourth-order valence-electron chi connectivity index (χ4n) is 2.05. The first-order chi connectivity index (χ1) is 11.1. The number of carbonyl (C=O) groups excluding carboxylic acids is 1. The van der Waals surface area contributed by atoms with Gasteiger partial charge in [-0.25, -0.2) is 4.68 Å². The van der Waals surface area contributed by atoms with E-state index in [1.54, 1.807) is 31.2 Å². The van der Waals surface area contributed by atoms with Crippen LogP contribution in [-0.4, -0.2) is 31.1 Å². The van der Waals surface area contributed by atoms with Crippen LogP contribution in [0.1, 0.15) is 18.2 Å². The van der Waals surface area contributed by atoms with Crippen molar-refractivity contribution >= 4 is 16.8 Å². The van der Waals surface area contributed by atoms with Crippen LogP contribution in [0.25, 0.3) is 10.9 Å². The highest BCUT2D eigenvalue weighted by Gasteiger charge is 2.09. The first-order valence-electron chi connectivity index (χ1n) is 7.02. The fraction of sp³-hybridized carbons (Fsp3) is 0.286. The number of aromatic nitrogens is 5. The van der Waals surface area contributed by atoms with Gasteiger partial charge in [0.1, 0.15) is 5.52 Å². The maximum atomic E-state index is 12.2. The lowest BCUT2D eigenvalue weighted by molar-refractivity contribution is -0.121. The van der Waals surface area contributed by atoms with Crippen molar-refractivity contribution in [2.45, 2.75) is 26.4 Å². The van der Waals surface area contributed by atoms with Crippen LogP contribution < -0.4 is 10.9 Å². The summed E-state index contributed by atoms with van der Waals surface area (Å²) in [7, 11) is 0. The highest BCUT2D eigenvalue weighted by Crippen LogP contribution is 2.03. The lowest BCUT2D eigenvalue weighted by atomic mass is 10.2. The Labute approximate surface area is 130 Å². The van der Waals surface area contributed by atoms with E-state index in [2.05, 4.69) is 25.8 Å². The van der Waals surface area contributed by atoms with Crippen LogP contribution in [0.2, 0.25) is 0 Å². The molecule has 0 saturated heterocycles. The number of rotatable bonds is 5. The molecule has 1 amide bonds. The Morgan fingerprint density at radius 2 is 2.09 bits per heavy atom. The van der Waals surface area contributed by atoms with E-state index in [9.17, 15) is 9.59 Å². The molecular formula is C14H14N6O3. The summed E-state index contributed by atoms with van der Waals surface area (Å²) in [4.78, 5) is 24.0. The molecule has 9 nitrogen and oxygen atoms in total. The fourth-order valence-corrected chi connectivity index (χ4v) is 2.05. The molecule has 0 bridgehead atoms. The highest BCUT2D eigenvalue weighted by atomic mass is 16.4. The zero-order chi connectivity index (χ0) is 16.2. The van der Waals surface area contributed by atoms with E-state index < -0.39 is 0 Å². The maximum absolute atomic E-state index is 12.2. The van der Waals surface area contributed by atoms with Gasteiger partial charge in [0.15, 0.2) is 0 Å². The number of benzene rings is 1. The van der Waals surface area contributed by atoms with E-state index in [-0.39, 0.29) is 31.0 Å². The van der Waals surface area contributed by atoms with Crippen LogP contribution in [0.5, 0.6) is 0 Å². The van der Waals surface area contributed by atoms with Crippen LogP contribution >= 0.6 is 0 Å². The second-order valence-electron chi connectivity index (χ2n) is 4.88. The summed E-state index contributed by atoms with van der Waals surface area (Å²) in [6.07, 6.45) is 0.0973. The van der Waals surface area contributed by atoms with Gasteiger partial charge in [-0.1, -0.05) is 17.3 Å². The number of amides is 1. The summed E-state index contributed by atoms with van der Waals surface area (Å²) in [6, 6.07) is 6.94. The molecule has 0 atom stereocenters. The van der Waals surface area contributed by atoms with Crippen molar-refractivity contribution in [2.24, 2.45) is 0 Å². The zero-order valence-corrected chi connectivity index (χ0v) is 12.4. The van der Waals surface area contributed by atoms with Crippen molar-refractivity contribution in [3.63, 3.8) is 0 Å². The van der Waals surface area contributed by atoms with E-state index in [1.807, 2.05) is 0 Å². The molecule has 3 aromatic rings. The Bertz CT molecular complexity index is 901. The van der Waals surface area contributed by atoms with Gasteiger partial charge in [0.2, 0.25) is 17.7 Å². The van der Waals surface area contributed by atoms with Gasteiger partial charge >= 0.3 is 0 Å². The minimum absolute atomic E-state index is 0.0973. The average molecular weight is 314 g/mol. The number of carbonyl (C=O) groups is 1. The molecule has 23 heavy (non-hydrogen) atoms. The van der Waals surface area contributed by atoms with Gasteiger partial charge in [-0.05, 0) is 12.1 Å². The molecule has 0 fully saturated rings. The summed E-state index contributed by atoms with van der Waals surface area (Å²) < 4.78 is 6.33. The third-order valence-corrected chi connectivity index (χ3v) is 3.18. The monoisotopic (exact) mass is 314 g/mol. The smallest absolute Gasteiger partial charge is 0.277 e. The van der Waals surface area contributed by atoms with Crippen LogP contribution in [-0.2, 0) is 17.9 Å². The number of fused-ring (bicyclic) bond motifs is 1. The summed E-state index contributed by atoms with van der Waals surface area (Å²) in [5.41, 5.74) is 0.265. The molecule has 0 unspecified atom stereocenters. The molecular weight excluding hydrogens is 300 g/mol. The van der Waals surface area contributed by atoms with Gasteiger partial charge in [0, 0.05) is 13.3 Å². The molecule has 2 heterocycles. The van der Waals surface area contributed by atoms with Crippen molar-refractivity contribution in [1.29, 1.82) is 0 Å². The van der Waals surface area contributed by atoms with Gasteiger partial charge in [-0.3, -0.25) is 9.59 Å². The quantitative estimate of drug-likeness (QED) is 0.714. The molecule has 3 rings (SSSR count). The Balaban J connectivity index is 1.60. The van der Waals surface area contributed by atoms with Crippen molar-refractivity contribution in [1.82, 2.24) is 30.5 Å². The van der Waals surface area contributed by atoms with Gasteiger partial charge in [0.25, 0.3) is 5.56 Å². The van der Waals surface area contributed by atoms with E-state index in [0.29, 0.717) is 22.7 Å². The lowest BCUT2D eigenvalue weighted by Gasteiger charge is -2.05. The van der Waals surface area contributed by atoms with Gasteiger partial charge in [-0.2, -0.15) is 0 Å². The summed E-state index contributed by atoms with van der Waals surface area (Å²) in [6.45, 7) is 1.96. The molecule has 0 aliphatic rings. The molecule has 118 valence electrons. The number of nitrogens with one attached hydrogen (secondary N) is 1. The summed E-state index contributed by atoms with van der Waals surface area (Å²) in [5.74, 6) is 0.522. The molecule has 0 aliphatic carbocycles. The third kappa shape index (κ3) is 3.39. The summed E-state index contributed by atoms with van der Waals surface area (Å²) in [5, 5.41) is 18.4. The number of hydrogen-bond donors (Lipinski definition) is 1. The van der Waals surface area contributed by atoms with Crippen LogP contribution in [0.3, 0.4) is 0 Å². The van der Waals surface area contributed by atoms with E-state index in [0.717, 1.165) is 0 Å². The second kappa shape index (κ2) is 6.34. The molecule has 0 radical (unpaired) electrons. The Morgan fingerprint density at radius 3 is 2.87 bits per heavy atom. The van der Waals surface area contributed by atoms with E-state index in [1.165, 1.54) is 4.68 Å². The normalized spacial score (nSPS) is 10.8. The minimum Gasteiger partial charge on any atom is -0.424 e. The van der Waals surface area contributed by atoms with Gasteiger partial charge < -0.3 is 9.73 Å². The molecule has 1 aromatic carbocycles. The second-order valence-corrected chi connectivity index (χ2v) is 4.88. The topological polar surface area (TPSA) is 116 Å². The highest BCUT2D eigenvalue weighted by molar-refractivity contribution is 5.77. The van der Waals surface area contributed by atoms with E-state index in [4.69, 9.17) is 4.42 Å². The molecule has 1 N–H and O–H groups in total. The molecule has 2 aromatic heterocycles. The SMILES string of the molecule is Cc1nnc(CNC(=O)CCn2nnc3ccccc3c2=O)o1. The average Bonchev–Trinajstić information content (AvgIpc) is 2.98. The third-order valence-electron chi connectivity index (χ3n) is 3.18. The Hall–Kier alpha value is -3.10. The maximum Gasteiger partial charge on any atom is 0.277 e. The lowest BCUT2D eigenvalue weighted by Crippen LogP contribution is -2.29. The predicted octanol–water partition coefficient (Wildman–Crippen LogP) is 0.189. The van der Waals surface area contributed by atoms with Crippen molar-refractivity contribution < 1.29 is 9.21 Å². The minimum atomic E-state index is -0.268. The predicted molar refractivity (Wildman–Crippen MR) is 79.3 cm³/mol. The standard InChI is InChI=1S/C14H14N6O3/c1-9-16-18-13(23-9)8-15-12(21)6-7-20-14(22)10-4-2-3-5-11(10)17-19-20/h2-5H,6-8H2,1H3,(H,15,21). The van der Waals surface area contributed by atoms with Crippen molar-refractivity contribution in [3.05, 3.63) is 46.4 Å². The molecule has 9 heteroatoms. The molecule has 0 saturated carbocycles. The van der Waals surface area contributed by atoms with Gasteiger partial charge in [0.05, 0.1) is 18.5 Å². The van der Waals surface area contributed by atoms with Crippen LogP contribution in [0.15, 0.2) is 33.5 Å². The Morgan fingerprint density at radius 1 is 1.26 bits per heavy atom. The first-order valence-corrected chi connectivity index (χ1v) is 7.02. The number of hydrogen-bond acceptors (Lipinski definition) is 7. The number of nitrogens with zero attached hydrogens (tertiary/aromatic N) is 5. The molecule has 0 spiro atoms. The van der Waals surface area contributed by atoms with Crippen molar-refractivity contribution in [2.75, 3.05) is 0 Å². The Kier molecular flexibility index (Phi) is 4.09. The van der Waals surface area contributed by atoms with Crippen LogP contribution in [0, 0.1) is 6.92 Å². The largest absolute Gasteiger partial charge is 0.424 e. The molecule has 0 aliphatic heterocycles. The summed E-state index contributed by atoms with van der Waals surface area (Å²) >= 11 is 0. The van der Waals surface area contributed by atoms with E-state index >= 15 is 0 Å². The van der Waals surface area contributed by atoms with Crippen LogP contribution in [0.4, 0.5) is 0 Å². The van der Waals surface area contributed by atoms with Gasteiger partial charge in [-0.15, -0.1) is 15.3 Å². The number of aryl methyl sites for hydroxylation is 2.